The van der Waals surface area contributed by atoms with Crippen LogP contribution in [0.25, 0.3) is 21.8 Å². The van der Waals surface area contributed by atoms with E-state index in [1.165, 1.54) is 18.4 Å². The van der Waals surface area contributed by atoms with Crippen LogP contribution in [-0.4, -0.2) is 21.4 Å². The van der Waals surface area contributed by atoms with Gasteiger partial charge in [-0.15, -0.1) is 0 Å². The van der Waals surface area contributed by atoms with Crippen LogP contribution >= 0.6 is 23.2 Å². The minimum absolute atomic E-state index is 0.0431. The zero-order chi connectivity index (χ0) is 16.0. The van der Waals surface area contributed by atoms with Gasteiger partial charge in [0.25, 0.3) is 0 Å². The van der Waals surface area contributed by atoms with Gasteiger partial charge < -0.3 is 4.74 Å². The number of hydrogen-bond donors (Lipinski definition) is 0. The summed E-state index contributed by atoms with van der Waals surface area (Å²) in [6.45, 7) is 2.67. The molecule has 0 unspecified atom stereocenters. The maximum atomic E-state index is 12.0. The second-order valence-electron chi connectivity index (χ2n) is 4.74. The van der Waals surface area contributed by atoms with Gasteiger partial charge in [-0.25, -0.2) is 0 Å². The van der Waals surface area contributed by atoms with E-state index in [-0.39, 0.29) is 21.7 Å². The molecule has 112 valence electrons. The van der Waals surface area contributed by atoms with Crippen molar-refractivity contribution in [2.75, 3.05) is 0 Å². The van der Waals surface area contributed by atoms with E-state index >= 15 is 0 Å². The number of aromatic nitrogens is 2. The molecule has 0 radical (unpaired) electrons. The van der Waals surface area contributed by atoms with Gasteiger partial charge in [-0.05, 0) is 12.1 Å². The minimum atomic E-state index is -0.546. The van der Waals surface area contributed by atoms with E-state index in [1.807, 2.05) is 0 Å². The van der Waals surface area contributed by atoms with Crippen molar-refractivity contribution >= 4 is 56.9 Å². The lowest BCUT2D eigenvalue weighted by atomic mass is 10.2. The highest BCUT2D eigenvalue weighted by Gasteiger charge is 2.22. The van der Waals surface area contributed by atoms with Crippen molar-refractivity contribution in [3.05, 3.63) is 34.6 Å². The van der Waals surface area contributed by atoms with Crippen LogP contribution in [0.5, 0.6) is 5.75 Å². The third-order valence-electron chi connectivity index (χ3n) is 3.27. The van der Waals surface area contributed by atoms with Crippen molar-refractivity contribution in [1.82, 2.24) is 9.55 Å². The average molecular weight is 337 g/mol. The zero-order valence-electron chi connectivity index (χ0n) is 11.7. The lowest BCUT2D eigenvalue weighted by Crippen LogP contribution is -2.07. The minimum Gasteiger partial charge on any atom is -0.423 e. The van der Waals surface area contributed by atoms with Crippen LogP contribution in [0.4, 0.5) is 0 Å². The molecule has 0 saturated carbocycles. The number of esters is 1. The average Bonchev–Trinajstić information content (AvgIpc) is 2.78. The quantitative estimate of drug-likeness (QED) is 0.496. The summed E-state index contributed by atoms with van der Waals surface area (Å²) in [7, 11) is 0. The number of hydrogen-bond acceptors (Lipinski definition) is 4. The van der Waals surface area contributed by atoms with Gasteiger partial charge in [-0.2, -0.15) is 0 Å². The zero-order valence-corrected chi connectivity index (χ0v) is 13.2. The van der Waals surface area contributed by atoms with Crippen LogP contribution in [0.3, 0.4) is 0 Å². The molecule has 0 aliphatic heterocycles. The van der Waals surface area contributed by atoms with Gasteiger partial charge in [0.05, 0.1) is 22.3 Å². The Kier molecular flexibility index (Phi) is 3.54. The Hall–Kier alpha value is -2.11. The van der Waals surface area contributed by atoms with E-state index in [2.05, 4.69) is 4.98 Å². The highest BCUT2D eigenvalue weighted by Crippen LogP contribution is 2.43. The summed E-state index contributed by atoms with van der Waals surface area (Å²) >= 11 is 12.5. The molecule has 3 aromatic rings. The largest absolute Gasteiger partial charge is 0.423 e. The maximum absolute atomic E-state index is 12.0. The highest BCUT2D eigenvalue weighted by molar-refractivity contribution is 6.42. The van der Waals surface area contributed by atoms with Crippen LogP contribution < -0.4 is 4.74 Å². The molecule has 1 aromatic carbocycles. The number of benzene rings is 1. The first-order valence-electron chi connectivity index (χ1n) is 6.37. The first-order valence-corrected chi connectivity index (χ1v) is 7.13. The number of pyridine rings is 1. The fourth-order valence-electron chi connectivity index (χ4n) is 2.49. The second kappa shape index (κ2) is 5.26. The molecule has 0 saturated heterocycles. The number of rotatable bonds is 1. The van der Waals surface area contributed by atoms with Gasteiger partial charge in [0.2, 0.25) is 5.91 Å². The Labute approximate surface area is 135 Å². The first-order chi connectivity index (χ1) is 10.4. The molecule has 0 aliphatic rings. The number of carbonyl (C=O) groups is 2. The molecule has 0 bridgehead atoms. The Morgan fingerprint density at radius 3 is 2.59 bits per heavy atom. The van der Waals surface area contributed by atoms with Crippen molar-refractivity contribution in [3.8, 4) is 5.75 Å². The van der Waals surface area contributed by atoms with Gasteiger partial charge in [0, 0.05) is 30.8 Å². The highest BCUT2D eigenvalue weighted by atomic mass is 35.5. The second-order valence-corrected chi connectivity index (χ2v) is 5.52. The molecule has 0 atom stereocenters. The van der Waals surface area contributed by atoms with E-state index in [4.69, 9.17) is 27.9 Å². The Bertz CT molecular complexity index is 947. The van der Waals surface area contributed by atoms with Crippen LogP contribution in [0.15, 0.2) is 24.5 Å². The molecule has 2 aromatic heterocycles. The summed E-state index contributed by atoms with van der Waals surface area (Å²) in [5.41, 5.74) is 1.06. The van der Waals surface area contributed by atoms with Gasteiger partial charge in [0.15, 0.2) is 5.75 Å². The number of carbonyl (C=O) groups excluding carboxylic acids is 2. The van der Waals surface area contributed by atoms with E-state index in [0.29, 0.717) is 16.4 Å². The summed E-state index contributed by atoms with van der Waals surface area (Å²) in [4.78, 5) is 27.3. The predicted molar refractivity (Wildman–Crippen MR) is 84.9 cm³/mol. The Morgan fingerprint density at radius 1 is 1.23 bits per heavy atom. The topological polar surface area (TPSA) is 61.2 Å². The molecule has 3 rings (SSSR count). The number of ether oxygens (including phenoxy) is 1. The Balaban J connectivity index is 2.53. The molecule has 5 nitrogen and oxygen atoms in total. The molecule has 0 fully saturated rings. The van der Waals surface area contributed by atoms with Crippen molar-refractivity contribution in [2.45, 2.75) is 13.8 Å². The van der Waals surface area contributed by atoms with Crippen LogP contribution in [0.1, 0.15) is 18.6 Å². The van der Waals surface area contributed by atoms with E-state index in [1.54, 1.807) is 24.5 Å². The fraction of sp³-hybridized carbons (Fsp3) is 0.133. The van der Waals surface area contributed by atoms with Crippen LogP contribution in [0.2, 0.25) is 10.0 Å². The molecule has 22 heavy (non-hydrogen) atoms. The van der Waals surface area contributed by atoms with E-state index in [0.717, 1.165) is 5.39 Å². The molecular formula is C15H10Cl2N2O3. The normalized spacial score (nSPS) is 11.1. The van der Waals surface area contributed by atoms with Gasteiger partial charge in [-0.3, -0.25) is 19.1 Å². The van der Waals surface area contributed by atoms with Crippen molar-refractivity contribution in [3.63, 3.8) is 0 Å². The molecule has 0 aliphatic carbocycles. The summed E-state index contributed by atoms with van der Waals surface area (Å²) in [6.07, 6.45) is 3.19. The standard InChI is InChI=1S/C15H10Cl2N2O3/c1-7(20)19-12-6-18-4-3-9(12)10-5-11(16)15(22-8(2)21)13(17)14(10)19/h3-6H,1-2H3. The van der Waals surface area contributed by atoms with Crippen LogP contribution in [-0.2, 0) is 4.79 Å². The number of fused-ring (bicyclic) bond motifs is 3. The van der Waals surface area contributed by atoms with Gasteiger partial charge in [-0.1, -0.05) is 23.2 Å². The van der Waals surface area contributed by atoms with E-state index in [9.17, 15) is 9.59 Å². The molecule has 0 amide bonds. The molecule has 2 heterocycles. The van der Waals surface area contributed by atoms with Gasteiger partial charge >= 0.3 is 5.97 Å². The van der Waals surface area contributed by atoms with Gasteiger partial charge in [0.1, 0.15) is 5.02 Å². The summed E-state index contributed by atoms with van der Waals surface area (Å²) < 4.78 is 6.51. The van der Waals surface area contributed by atoms with Crippen molar-refractivity contribution in [2.24, 2.45) is 0 Å². The smallest absolute Gasteiger partial charge is 0.308 e. The summed E-state index contributed by atoms with van der Waals surface area (Å²) in [5, 5.41) is 1.80. The lowest BCUT2D eigenvalue weighted by Gasteiger charge is -2.09. The molecule has 7 heteroatoms. The third kappa shape index (κ3) is 2.14. The van der Waals surface area contributed by atoms with E-state index < -0.39 is 5.97 Å². The third-order valence-corrected chi connectivity index (χ3v) is 3.90. The molecule has 0 spiro atoms. The summed E-state index contributed by atoms with van der Waals surface area (Å²) in [6, 6.07) is 3.40. The van der Waals surface area contributed by atoms with Crippen molar-refractivity contribution in [1.29, 1.82) is 0 Å². The van der Waals surface area contributed by atoms with Crippen molar-refractivity contribution < 1.29 is 14.3 Å². The predicted octanol–water partition coefficient (Wildman–Crippen LogP) is 4.08. The SMILES string of the molecule is CC(=O)Oc1c(Cl)cc2c3ccncc3n(C(C)=O)c2c1Cl. The maximum Gasteiger partial charge on any atom is 0.308 e. The summed E-state index contributed by atoms with van der Waals surface area (Å²) in [5.74, 6) is -0.733. The lowest BCUT2D eigenvalue weighted by molar-refractivity contribution is -0.131. The first kappa shape index (κ1) is 14.8. The Morgan fingerprint density at radius 2 is 1.95 bits per heavy atom. The molecule has 0 N–H and O–H groups in total. The fourth-order valence-corrected chi connectivity index (χ4v) is 3.11. The number of halogens is 2. The van der Waals surface area contributed by atoms with Crippen LogP contribution in [0, 0.1) is 0 Å². The molecular weight excluding hydrogens is 327 g/mol. The number of nitrogens with zero attached hydrogens (tertiary/aromatic N) is 2. The monoisotopic (exact) mass is 336 g/mol.